The highest BCUT2D eigenvalue weighted by molar-refractivity contribution is 5.81. The van der Waals surface area contributed by atoms with Gasteiger partial charge in [-0.2, -0.15) is 13.2 Å². The number of alkyl halides is 3. The second-order valence-electron chi connectivity index (χ2n) is 6.87. The number of nitrogens with one attached hydrogen (secondary N) is 2. The lowest BCUT2D eigenvalue weighted by Gasteiger charge is -2.23. The summed E-state index contributed by atoms with van der Waals surface area (Å²) in [4.78, 5) is 12.9. The average molecular weight is 376 g/mol. The molecule has 27 heavy (non-hydrogen) atoms. The number of hydrogen-bond donors (Lipinski definition) is 2. The normalized spacial score (nSPS) is 21.0. The summed E-state index contributed by atoms with van der Waals surface area (Å²) in [6.45, 7) is 3.10. The summed E-state index contributed by atoms with van der Waals surface area (Å²) in [5.41, 5.74) is 1.12. The lowest BCUT2D eigenvalue weighted by molar-refractivity contribution is -0.137. The van der Waals surface area contributed by atoms with Crippen LogP contribution in [0.15, 0.2) is 54.6 Å². The summed E-state index contributed by atoms with van der Waals surface area (Å²) in [5.74, 6) is -0.513. The highest BCUT2D eigenvalue weighted by Gasteiger charge is 2.36. The Morgan fingerprint density at radius 3 is 2.37 bits per heavy atom. The van der Waals surface area contributed by atoms with Crippen LogP contribution in [0, 0.1) is 5.92 Å². The summed E-state index contributed by atoms with van der Waals surface area (Å²) in [5, 5.41) is 6.30. The van der Waals surface area contributed by atoms with E-state index in [9.17, 15) is 18.0 Å². The van der Waals surface area contributed by atoms with E-state index in [1.54, 1.807) is 0 Å². The Labute approximate surface area is 157 Å². The van der Waals surface area contributed by atoms with Gasteiger partial charge in [-0.15, -0.1) is 0 Å². The Hall–Kier alpha value is -2.34. The van der Waals surface area contributed by atoms with Gasteiger partial charge >= 0.3 is 6.18 Å². The molecule has 3 nitrogen and oxygen atoms in total. The van der Waals surface area contributed by atoms with Crippen molar-refractivity contribution >= 4 is 5.91 Å². The molecule has 1 aliphatic rings. The van der Waals surface area contributed by atoms with Gasteiger partial charge < -0.3 is 10.6 Å². The smallest absolute Gasteiger partial charge is 0.349 e. The first-order valence-electron chi connectivity index (χ1n) is 9.13. The van der Waals surface area contributed by atoms with Crippen LogP contribution in [0.1, 0.15) is 42.0 Å². The molecule has 0 spiro atoms. The molecule has 1 fully saturated rings. The molecule has 0 aliphatic carbocycles. The number of halogens is 3. The van der Waals surface area contributed by atoms with E-state index < -0.39 is 11.7 Å². The molecule has 2 aromatic carbocycles. The van der Waals surface area contributed by atoms with Crippen molar-refractivity contribution in [2.75, 3.05) is 13.1 Å². The molecule has 6 heteroatoms. The molecule has 2 N–H and O–H groups in total. The SMILES string of the molecule is CC[C@H](NC(=O)[C@@H]1CNC[C@H]1c1ccc(C(F)(F)F)cc1)c1ccccc1. The third-order valence-electron chi connectivity index (χ3n) is 5.14. The maximum absolute atomic E-state index is 12.9. The zero-order chi connectivity index (χ0) is 19.4. The summed E-state index contributed by atoms with van der Waals surface area (Å²) < 4.78 is 38.3. The van der Waals surface area contributed by atoms with Gasteiger partial charge in [0.25, 0.3) is 0 Å². The van der Waals surface area contributed by atoms with Gasteiger partial charge in [0.2, 0.25) is 5.91 Å². The summed E-state index contributed by atoms with van der Waals surface area (Å²) in [7, 11) is 0. The third kappa shape index (κ3) is 4.50. The Morgan fingerprint density at radius 1 is 1.11 bits per heavy atom. The van der Waals surface area contributed by atoms with Crippen LogP contribution in [-0.2, 0) is 11.0 Å². The lowest BCUT2D eigenvalue weighted by Crippen LogP contribution is -2.36. The second-order valence-corrected chi connectivity index (χ2v) is 6.87. The van der Waals surface area contributed by atoms with Gasteiger partial charge in [0.05, 0.1) is 17.5 Å². The molecule has 1 amide bonds. The summed E-state index contributed by atoms with van der Waals surface area (Å²) in [6, 6.07) is 14.8. The first-order chi connectivity index (χ1) is 12.9. The van der Waals surface area contributed by atoms with Crippen molar-refractivity contribution < 1.29 is 18.0 Å². The van der Waals surface area contributed by atoms with Crippen molar-refractivity contribution in [1.82, 2.24) is 10.6 Å². The third-order valence-corrected chi connectivity index (χ3v) is 5.14. The van der Waals surface area contributed by atoms with Crippen molar-refractivity contribution in [1.29, 1.82) is 0 Å². The number of benzene rings is 2. The number of rotatable bonds is 5. The Morgan fingerprint density at radius 2 is 1.78 bits per heavy atom. The van der Waals surface area contributed by atoms with Gasteiger partial charge in [0.1, 0.15) is 0 Å². The molecular weight excluding hydrogens is 353 g/mol. The van der Waals surface area contributed by atoms with Crippen LogP contribution in [-0.4, -0.2) is 19.0 Å². The van der Waals surface area contributed by atoms with Crippen molar-refractivity contribution in [3.8, 4) is 0 Å². The maximum atomic E-state index is 12.9. The maximum Gasteiger partial charge on any atom is 0.416 e. The summed E-state index contributed by atoms with van der Waals surface area (Å²) >= 11 is 0. The number of amides is 1. The second kappa shape index (κ2) is 8.13. The molecule has 1 heterocycles. The van der Waals surface area contributed by atoms with Crippen LogP contribution in [0.2, 0.25) is 0 Å². The molecule has 144 valence electrons. The van der Waals surface area contributed by atoms with Gasteiger partial charge in [0.15, 0.2) is 0 Å². The van der Waals surface area contributed by atoms with Crippen LogP contribution in [0.5, 0.6) is 0 Å². The highest BCUT2D eigenvalue weighted by atomic mass is 19.4. The first-order valence-corrected chi connectivity index (χ1v) is 9.13. The van der Waals surface area contributed by atoms with Crippen molar-refractivity contribution in [3.63, 3.8) is 0 Å². The van der Waals surface area contributed by atoms with Crippen LogP contribution in [0.3, 0.4) is 0 Å². The molecule has 3 atom stereocenters. The number of carbonyl (C=O) groups is 1. The molecule has 1 aliphatic heterocycles. The molecule has 3 rings (SSSR count). The van der Waals surface area contributed by atoms with E-state index in [0.717, 1.165) is 29.7 Å². The van der Waals surface area contributed by atoms with E-state index in [0.29, 0.717) is 13.1 Å². The molecule has 0 radical (unpaired) electrons. The molecule has 0 saturated carbocycles. The minimum Gasteiger partial charge on any atom is -0.349 e. The van der Waals surface area contributed by atoms with Crippen LogP contribution in [0.4, 0.5) is 13.2 Å². The monoisotopic (exact) mass is 376 g/mol. The topological polar surface area (TPSA) is 41.1 Å². The summed E-state index contributed by atoms with van der Waals surface area (Å²) in [6.07, 6.45) is -3.59. The highest BCUT2D eigenvalue weighted by Crippen LogP contribution is 2.33. The fraction of sp³-hybridized carbons (Fsp3) is 0.381. The fourth-order valence-corrected chi connectivity index (χ4v) is 3.61. The van der Waals surface area contributed by atoms with E-state index in [-0.39, 0.29) is 23.8 Å². The van der Waals surface area contributed by atoms with E-state index in [1.165, 1.54) is 12.1 Å². The first kappa shape index (κ1) is 19.4. The van der Waals surface area contributed by atoms with E-state index in [1.807, 2.05) is 37.3 Å². The zero-order valence-corrected chi connectivity index (χ0v) is 15.1. The largest absolute Gasteiger partial charge is 0.416 e. The van der Waals surface area contributed by atoms with Gasteiger partial charge in [-0.05, 0) is 29.7 Å². The minimum atomic E-state index is -4.35. The zero-order valence-electron chi connectivity index (χ0n) is 15.1. The number of carbonyl (C=O) groups excluding carboxylic acids is 1. The molecular formula is C21H23F3N2O. The van der Waals surface area contributed by atoms with Crippen molar-refractivity contribution in [2.24, 2.45) is 5.92 Å². The van der Waals surface area contributed by atoms with Gasteiger partial charge in [-0.3, -0.25) is 4.79 Å². The Bertz CT molecular complexity index is 759. The van der Waals surface area contributed by atoms with Crippen molar-refractivity contribution in [2.45, 2.75) is 31.5 Å². The Balaban J connectivity index is 1.72. The van der Waals surface area contributed by atoms with Gasteiger partial charge in [-0.1, -0.05) is 49.4 Å². The lowest BCUT2D eigenvalue weighted by atomic mass is 9.87. The fourth-order valence-electron chi connectivity index (χ4n) is 3.61. The molecule has 0 bridgehead atoms. The van der Waals surface area contributed by atoms with E-state index >= 15 is 0 Å². The molecule has 0 unspecified atom stereocenters. The van der Waals surface area contributed by atoms with Gasteiger partial charge in [-0.25, -0.2) is 0 Å². The van der Waals surface area contributed by atoms with E-state index in [4.69, 9.17) is 0 Å². The molecule has 0 aromatic heterocycles. The minimum absolute atomic E-state index is 0.0689. The van der Waals surface area contributed by atoms with E-state index in [2.05, 4.69) is 10.6 Å². The van der Waals surface area contributed by atoms with Crippen LogP contribution >= 0.6 is 0 Å². The average Bonchev–Trinajstić information content (AvgIpc) is 3.16. The van der Waals surface area contributed by atoms with Crippen LogP contribution < -0.4 is 10.6 Å². The quantitative estimate of drug-likeness (QED) is 0.818. The van der Waals surface area contributed by atoms with Gasteiger partial charge in [0, 0.05) is 19.0 Å². The van der Waals surface area contributed by atoms with Crippen LogP contribution in [0.25, 0.3) is 0 Å². The molecule has 2 aromatic rings. The predicted molar refractivity (Wildman–Crippen MR) is 98.2 cm³/mol. The number of hydrogen-bond acceptors (Lipinski definition) is 2. The standard InChI is InChI=1S/C21H23F3N2O/c1-2-19(15-6-4-3-5-7-15)26-20(27)18-13-25-12-17(18)14-8-10-16(11-9-14)21(22,23)24/h3-11,17-19,25H,2,12-13H2,1H3,(H,26,27)/t17-,18+,19-/m0/s1. The Kier molecular flexibility index (Phi) is 5.85. The molecule has 1 saturated heterocycles. The van der Waals surface area contributed by atoms with Crippen molar-refractivity contribution in [3.05, 3.63) is 71.3 Å². The predicted octanol–water partition coefficient (Wildman–Crippen LogP) is 4.28.